The van der Waals surface area contributed by atoms with Gasteiger partial charge in [0, 0.05) is 35.5 Å². The highest BCUT2D eigenvalue weighted by atomic mass is 16.2. The molecule has 1 heterocycles. The summed E-state index contributed by atoms with van der Waals surface area (Å²) < 4.78 is 0. The molecule has 6 heteroatoms. The monoisotopic (exact) mass is 358 g/mol. The molecular formula is C21H18N4O2. The number of anilines is 3. The highest BCUT2D eigenvalue weighted by Crippen LogP contribution is 2.14. The molecule has 3 amide bonds. The van der Waals surface area contributed by atoms with Crippen molar-refractivity contribution in [3.63, 3.8) is 0 Å². The van der Waals surface area contributed by atoms with Crippen molar-refractivity contribution in [1.82, 2.24) is 4.98 Å². The van der Waals surface area contributed by atoms with Crippen LogP contribution in [0.3, 0.4) is 0 Å². The molecule has 0 fully saturated rings. The molecule has 3 aromatic rings. The summed E-state index contributed by atoms with van der Waals surface area (Å²) in [7, 11) is 0. The third kappa shape index (κ3) is 5.82. The highest BCUT2D eigenvalue weighted by molar-refractivity contribution is 6.02. The van der Waals surface area contributed by atoms with Crippen LogP contribution >= 0.6 is 0 Å². The van der Waals surface area contributed by atoms with E-state index in [0.717, 1.165) is 5.56 Å². The average molecular weight is 358 g/mol. The fourth-order valence-corrected chi connectivity index (χ4v) is 2.28. The number of aromatic nitrogens is 1. The molecule has 3 N–H and O–H groups in total. The summed E-state index contributed by atoms with van der Waals surface area (Å²) in [4.78, 5) is 27.8. The Morgan fingerprint density at radius 1 is 0.704 bits per heavy atom. The quantitative estimate of drug-likeness (QED) is 0.592. The number of benzene rings is 2. The Morgan fingerprint density at radius 2 is 1.26 bits per heavy atom. The van der Waals surface area contributed by atoms with Gasteiger partial charge in [0.25, 0.3) is 0 Å². The minimum absolute atomic E-state index is 0.241. The van der Waals surface area contributed by atoms with E-state index in [1.807, 2.05) is 30.3 Å². The minimum atomic E-state index is -0.335. The van der Waals surface area contributed by atoms with Crippen molar-refractivity contribution in [2.45, 2.75) is 0 Å². The maximum Gasteiger partial charge on any atom is 0.323 e. The zero-order valence-electron chi connectivity index (χ0n) is 14.4. The molecule has 6 nitrogen and oxygen atoms in total. The van der Waals surface area contributed by atoms with Crippen LogP contribution in [0, 0.1) is 0 Å². The number of nitrogens with one attached hydrogen (secondary N) is 3. The number of amides is 3. The van der Waals surface area contributed by atoms with Crippen LogP contribution in [0.25, 0.3) is 6.08 Å². The largest absolute Gasteiger partial charge is 0.323 e. The van der Waals surface area contributed by atoms with Crippen LogP contribution in [0.4, 0.5) is 21.9 Å². The van der Waals surface area contributed by atoms with E-state index in [1.165, 1.54) is 6.08 Å². The predicted octanol–water partition coefficient (Wildman–Crippen LogP) is 4.38. The molecule has 0 radical (unpaired) electrons. The third-order valence-electron chi connectivity index (χ3n) is 3.58. The van der Waals surface area contributed by atoms with Crippen molar-refractivity contribution in [2.75, 3.05) is 16.0 Å². The standard InChI is InChI=1S/C21H18N4O2/c26-20(11-6-16-12-14-22-15-13-16)23-18-7-9-19(10-8-18)25-21(27)24-17-4-2-1-3-5-17/h1-15H,(H,23,26)(H2,24,25,27)/b11-6+. The van der Waals surface area contributed by atoms with Crippen molar-refractivity contribution in [3.8, 4) is 0 Å². The minimum Gasteiger partial charge on any atom is -0.323 e. The second kappa shape index (κ2) is 8.96. The molecule has 0 spiro atoms. The zero-order chi connectivity index (χ0) is 18.9. The van der Waals surface area contributed by atoms with E-state index in [4.69, 9.17) is 0 Å². The molecule has 2 aromatic carbocycles. The summed E-state index contributed by atoms with van der Waals surface area (Å²) in [5, 5.41) is 8.23. The molecule has 0 atom stereocenters. The van der Waals surface area contributed by atoms with Gasteiger partial charge in [0.2, 0.25) is 5.91 Å². The summed E-state index contributed by atoms with van der Waals surface area (Å²) in [5.41, 5.74) is 2.85. The van der Waals surface area contributed by atoms with Crippen LogP contribution < -0.4 is 16.0 Å². The van der Waals surface area contributed by atoms with Crippen molar-refractivity contribution < 1.29 is 9.59 Å². The van der Waals surface area contributed by atoms with Gasteiger partial charge < -0.3 is 16.0 Å². The SMILES string of the molecule is O=C(/C=C/c1ccncc1)Nc1ccc(NC(=O)Nc2ccccc2)cc1. The van der Waals surface area contributed by atoms with Gasteiger partial charge in [-0.05, 0) is 60.2 Å². The normalized spacial score (nSPS) is 10.4. The molecule has 0 saturated heterocycles. The van der Waals surface area contributed by atoms with E-state index in [2.05, 4.69) is 20.9 Å². The summed E-state index contributed by atoms with van der Waals surface area (Å²) >= 11 is 0. The highest BCUT2D eigenvalue weighted by Gasteiger charge is 2.03. The topological polar surface area (TPSA) is 83.1 Å². The van der Waals surface area contributed by atoms with Crippen LogP contribution in [-0.4, -0.2) is 16.9 Å². The Bertz CT molecular complexity index is 923. The first kappa shape index (κ1) is 17.9. The van der Waals surface area contributed by atoms with Crippen molar-refractivity contribution in [3.05, 3.63) is 90.8 Å². The van der Waals surface area contributed by atoms with Gasteiger partial charge in [-0.25, -0.2) is 4.79 Å². The Kier molecular flexibility index (Phi) is 5.93. The number of urea groups is 1. The molecule has 3 rings (SSSR count). The van der Waals surface area contributed by atoms with Gasteiger partial charge in [-0.1, -0.05) is 18.2 Å². The number of pyridine rings is 1. The van der Waals surface area contributed by atoms with Gasteiger partial charge in [0.15, 0.2) is 0 Å². The van der Waals surface area contributed by atoms with Crippen LogP contribution in [0.2, 0.25) is 0 Å². The van der Waals surface area contributed by atoms with Crippen LogP contribution in [0.15, 0.2) is 85.2 Å². The Labute approximate surface area is 157 Å². The number of rotatable bonds is 5. The maximum absolute atomic E-state index is 12.0. The smallest absolute Gasteiger partial charge is 0.323 e. The molecule has 1 aromatic heterocycles. The third-order valence-corrected chi connectivity index (χ3v) is 3.58. The first-order chi connectivity index (χ1) is 13.2. The van der Waals surface area contributed by atoms with E-state index < -0.39 is 0 Å². The molecule has 0 bridgehead atoms. The fourth-order valence-electron chi connectivity index (χ4n) is 2.28. The summed E-state index contributed by atoms with van der Waals surface area (Å²) in [6.45, 7) is 0. The number of nitrogens with zero attached hydrogens (tertiary/aromatic N) is 1. The van der Waals surface area contributed by atoms with Crippen LogP contribution in [0.5, 0.6) is 0 Å². The van der Waals surface area contributed by atoms with E-state index in [-0.39, 0.29) is 11.9 Å². The maximum atomic E-state index is 12.0. The predicted molar refractivity (Wildman–Crippen MR) is 107 cm³/mol. The van der Waals surface area contributed by atoms with Gasteiger partial charge in [-0.2, -0.15) is 0 Å². The van der Waals surface area contributed by atoms with E-state index in [9.17, 15) is 9.59 Å². The van der Waals surface area contributed by atoms with Crippen molar-refractivity contribution in [2.24, 2.45) is 0 Å². The Hall–Kier alpha value is -3.93. The molecule has 0 saturated carbocycles. The number of carbonyl (C=O) groups is 2. The molecule has 0 aliphatic heterocycles. The van der Waals surface area contributed by atoms with Gasteiger partial charge in [0.05, 0.1) is 0 Å². The average Bonchev–Trinajstić information content (AvgIpc) is 2.69. The number of hydrogen-bond donors (Lipinski definition) is 3. The second-order valence-corrected chi connectivity index (χ2v) is 5.63. The molecule has 0 aliphatic rings. The Morgan fingerprint density at radius 3 is 1.89 bits per heavy atom. The molecule has 134 valence electrons. The lowest BCUT2D eigenvalue weighted by Gasteiger charge is -2.08. The lowest BCUT2D eigenvalue weighted by Crippen LogP contribution is -2.19. The number of hydrogen-bond acceptors (Lipinski definition) is 3. The van der Waals surface area contributed by atoms with Gasteiger partial charge in [-0.3, -0.25) is 9.78 Å². The fraction of sp³-hybridized carbons (Fsp3) is 0. The molecular weight excluding hydrogens is 340 g/mol. The Balaban J connectivity index is 1.51. The van der Waals surface area contributed by atoms with Crippen LogP contribution in [-0.2, 0) is 4.79 Å². The van der Waals surface area contributed by atoms with Gasteiger partial charge in [-0.15, -0.1) is 0 Å². The van der Waals surface area contributed by atoms with E-state index >= 15 is 0 Å². The zero-order valence-corrected chi connectivity index (χ0v) is 14.4. The van der Waals surface area contributed by atoms with Crippen LogP contribution in [0.1, 0.15) is 5.56 Å². The molecule has 0 aliphatic carbocycles. The van der Waals surface area contributed by atoms with Crippen molar-refractivity contribution >= 4 is 35.1 Å². The van der Waals surface area contributed by atoms with Gasteiger partial charge >= 0.3 is 6.03 Å². The second-order valence-electron chi connectivity index (χ2n) is 5.63. The summed E-state index contributed by atoms with van der Waals surface area (Å²) in [5.74, 6) is -0.241. The lowest BCUT2D eigenvalue weighted by atomic mass is 10.2. The van der Waals surface area contributed by atoms with E-state index in [0.29, 0.717) is 17.1 Å². The lowest BCUT2D eigenvalue weighted by molar-refractivity contribution is -0.111. The number of para-hydroxylation sites is 1. The molecule has 27 heavy (non-hydrogen) atoms. The summed E-state index contributed by atoms with van der Waals surface area (Å²) in [6.07, 6.45) is 6.49. The number of carbonyl (C=O) groups excluding carboxylic acids is 2. The molecule has 0 unspecified atom stereocenters. The summed E-state index contributed by atoms with van der Waals surface area (Å²) in [6, 6.07) is 19.3. The van der Waals surface area contributed by atoms with Crippen molar-refractivity contribution in [1.29, 1.82) is 0 Å². The van der Waals surface area contributed by atoms with Gasteiger partial charge in [0.1, 0.15) is 0 Å². The first-order valence-electron chi connectivity index (χ1n) is 8.31. The first-order valence-corrected chi connectivity index (χ1v) is 8.31. The van der Waals surface area contributed by atoms with E-state index in [1.54, 1.807) is 54.9 Å².